The van der Waals surface area contributed by atoms with Gasteiger partial charge in [0, 0.05) is 39.9 Å². The molecule has 1 spiro atoms. The number of fused-ring (bicyclic) bond motifs is 12. The molecular weight excluding hydrogens is 534 g/mol. The fraction of sp³-hybridized carbons (Fsp3) is 0.0732. The summed E-state index contributed by atoms with van der Waals surface area (Å²) >= 11 is 0. The van der Waals surface area contributed by atoms with Crippen molar-refractivity contribution in [3.63, 3.8) is 0 Å². The molecule has 0 N–H and O–H groups in total. The molecule has 3 atom stereocenters. The molecule has 0 fully saturated rings. The van der Waals surface area contributed by atoms with E-state index in [0.717, 1.165) is 17.1 Å². The Morgan fingerprint density at radius 3 is 2.18 bits per heavy atom. The maximum Gasteiger partial charge on any atom is 0.159 e. The molecule has 7 aromatic rings. The van der Waals surface area contributed by atoms with Crippen molar-refractivity contribution in [2.75, 3.05) is 0 Å². The lowest BCUT2D eigenvalue weighted by molar-refractivity contribution is 0.452. The minimum atomic E-state index is -0.405. The van der Waals surface area contributed by atoms with E-state index < -0.39 is 5.41 Å². The molecule has 0 saturated carbocycles. The minimum absolute atomic E-state index is 0.152. The predicted molar refractivity (Wildman–Crippen MR) is 178 cm³/mol. The molecule has 206 valence electrons. The van der Waals surface area contributed by atoms with Crippen LogP contribution < -0.4 is 0 Å². The van der Waals surface area contributed by atoms with E-state index in [2.05, 4.69) is 156 Å². The normalized spacial score (nSPS) is 20.6. The van der Waals surface area contributed by atoms with Crippen molar-refractivity contribution in [1.29, 1.82) is 0 Å². The van der Waals surface area contributed by atoms with Crippen LogP contribution in [-0.2, 0) is 5.41 Å². The van der Waals surface area contributed by atoms with Crippen LogP contribution in [0, 0.1) is 5.92 Å². The van der Waals surface area contributed by atoms with E-state index in [1.54, 1.807) is 0 Å². The van der Waals surface area contributed by atoms with Crippen molar-refractivity contribution < 1.29 is 0 Å². The van der Waals surface area contributed by atoms with Crippen LogP contribution in [0.4, 0.5) is 0 Å². The van der Waals surface area contributed by atoms with Crippen molar-refractivity contribution in [3.8, 4) is 28.2 Å². The van der Waals surface area contributed by atoms with E-state index >= 15 is 0 Å². The van der Waals surface area contributed by atoms with Crippen LogP contribution in [0.1, 0.15) is 28.3 Å². The third-order valence-corrected chi connectivity index (χ3v) is 10.1. The van der Waals surface area contributed by atoms with Gasteiger partial charge in [-0.3, -0.25) is 0 Å². The van der Waals surface area contributed by atoms with Gasteiger partial charge in [-0.1, -0.05) is 133 Å². The Bertz CT molecular complexity index is 2340. The van der Waals surface area contributed by atoms with Gasteiger partial charge in [-0.05, 0) is 34.4 Å². The van der Waals surface area contributed by atoms with Crippen molar-refractivity contribution in [2.24, 2.45) is 5.92 Å². The number of para-hydroxylation sites is 3. The van der Waals surface area contributed by atoms with Crippen LogP contribution in [0.3, 0.4) is 0 Å². The number of aromatic nitrogens is 3. The van der Waals surface area contributed by atoms with Gasteiger partial charge in [-0.15, -0.1) is 0 Å². The second kappa shape index (κ2) is 8.75. The molecule has 5 aromatic carbocycles. The van der Waals surface area contributed by atoms with Crippen LogP contribution in [0.25, 0.3) is 50.0 Å². The second-order valence-electron chi connectivity index (χ2n) is 12.1. The Hall–Kier alpha value is -5.54. The molecule has 3 nitrogen and oxygen atoms in total. The molecule has 3 heterocycles. The fourth-order valence-corrected chi connectivity index (χ4v) is 8.38. The minimum Gasteiger partial charge on any atom is -0.309 e. The van der Waals surface area contributed by atoms with E-state index in [-0.39, 0.29) is 11.8 Å². The van der Waals surface area contributed by atoms with Crippen LogP contribution in [-0.4, -0.2) is 14.5 Å². The molecule has 1 aliphatic heterocycles. The molecule has 0 saturated heterocycles. The highest BCUT2D eigenvalue weighted by atomic mass is 15.0. The van der Waals surface area contributed by atoms with Crippen molar-refractivity contribution in [2.45, 2.75) is 11.3 Å². The van der Waals surface area contributed by atoms with Gasteiger partial charge in [0.2, 0.25) is 0 Å². The molecule has 0 bridgehead atoms. The summed E-state index contributed by atoms with van der Waals surface area (Å²) in [5, 5.41) is 2.58. The Labute approximate surface area is 255 Å². The maximum atomic E-state index is 5.39. The number of rotatable bonds is 2. The maximum absolute atomic E-state index is 5.39. The topological polar surface area (TPSA) is 30.7 Å². The van der Waals surface area contributed by atoms with Crippen LogP contribution in [0.5, 0.6) is 0 Å². The molecule has 0 amide bonds. The third kappa shape index (κ3) is 2.96. The van der Waals surface area contributed by atoms with Gasteiger partial charge in [0.05, 0.1) is 27.8 Å². The van der Waals surface area contributed by atoms with E-state index in [1.807, 2.05) is 0 Å². The summed E-state index contributed by atoms with van der Waals surface area (Å²) in [7, 11) is 0. The first-order valence-electron chi connectivity index (χ1n) is 15.3. The summed E-state index contributed by atoms with van der Waals surface area (Å²) in [4.78, 5) is 10.5. The average Bonchev–Trinajstić information content (AvgIpc) is 3.59. The standard InChI is InChI=1S/C41H27N3/c1-2-11-26(12-3-1)27-21-23-28(24-22-27)40-42-25-35-38(43-40)31-14-4-6-16-32(31)41(35)33-17-7-9-20-37(33)44-36-19-8-5-13-29(36)30-15-10-18-34(41)39(30)44/h1-25,31-32H. The largest absolute Gasteiger partial charge is 0.309 e. The van der Waals surface area contributed by atoms with Gasteiger partial charge < -0.3 is 4.57 Å². The Kier molecular flexibility index (Phi) is 4.76. The third-order valence-electron chi connectivity index (χ3n) is 10.1. The SMILES string of the molecule is C1=CC2c3nc(-c4ccc(-c5ccccc5)cc4)ncc3C3(c4ccccc4-n4c5ccccc5c5cccc3c54)C2C=C1. The second-order valence-corrected chi connectivity index (χ2v) is 12.1. The predicted octanol–water partition coefficient (Wildman–Crippen LogP) is 9.39. The zero-order valence-corrected chi connectivity index (χ0v) is 23.9. The lowest BCUT2D eigenvalue weighted by Crippen LogP contribution is -2.38. The Morgan fingerprint density at radius 2 is 1.27 bits per heavy atom. The number of allylic oxidation sites excluding steroid dienone is 4. The van der Waals surface area contributed by atoms with Gasteiger partial charge in [0.25, 0.3) is 0 Å². The number of nitrogens with zero attached hydrogens (tertiary/aromatic N) is 3. The lowest BCUT2D eigenvalue weighted by Gasteiger charge is -2.42. The van der Waals surface area contributed by atoms with Gasteiger partial charge in [0.1, 0.15) is 0 Å². The summed E-state index contributed by atoms with van der Waals surface area (Å²) in [6.07, 6.45) is 11.3. The summed E-state index contributed by atoms with van der Waals surface area (Å²) in [6.45, 7) is 0. The quantitative estimate of drug-likeness (QED) is 0.211. The molecule has 2 aromatic heterocycles. The van der Waals surface area contributed by atoms with Crippen molar-refractivity contribution in [3.05, 3.63) is 174 Å². The molecule has 3 unspecified atom stereocenters. The molecular formula is C41H27N3. The first-order valence-corrected chi connectivity index (χ1v) is 15.3. The average molecular weight is 562 g/mol. The van der Waals surface area contributed by atoms with E-state index in [0.29, 0.717) is 0 Å². The summed E-state index contributed by atoms with van der Waals surface area (Å²) in [6, 6.07) is 43.8. The highest BCUT2D eigenvalue weighted by Gasteiger charge is 2.57. The molecule has 0 radical (unpaired) electrons. The zero-order valence-electron chi connectivity index (χ0n) is 23.9. The lowest BCUT2D eigenvalue weighted by atomic mass is 9.61. The number of hydrogen-bond donors (Lipinski definition) is 0. The van der Waals surface area contributed by atoms with E-state index in [1.165, 1.54) is 55.3 Å². The molecule has 10 rings (SSSR count). The van der Waals surface area contributed by atoms with Crippen LogP contribution in [0.2, 0.25) is 0 Å². The number of benzene rings is 5. The number of hydrogen-bond acceptors (Lipinski definition) is 2. The summed E-state index contributed by atoms with van der Waals surface area (Å²) < 4.78 is 2.49. The zero-order chi connectivity index (χ0) is 28.8. The molecule has 2 aliphatic carbocycles. The Morgan fingerprint density at radius 1 is 0.568 bits per heavy atom. The molecule has 44 heavy (non-hydrogen) atoms. The van der Waals surface area contributed by atoms with Gasteiger partial charge in [-0.2, -0.15) is 0 Å². The van der Waals surface area contributed by atoms with Gasteiger partial charge in [0.15, 0.2) is 5.82 Å². The van der Waals surface area contributed by atoms with Crippen LogP contribution in [0.15, 0.2) is 152 Å². The van der Waals surface area contributed by atoms with Gasteiger partial charge >= 0.3 is 0 Å². The fourth-order valence-electron chi connectivity index (χ4n) is 8.38. The highest BCUT2D eigenvalue weighted by molar-refractivity contribution is 6.12. The summed E-state index contributed by atoms with van der Waals surface area (Å²) in [5.41, 5.74) is 11.8. The summed E-state index contributed by atoms with van der Waals surface area (Å²) in [5.74, 6) is 1.11. The smallest absolute Gasteiger partial charge is 0.159 e. The van der Waals surface area contributed by atoms with Gasteiger partial charge in [-0.25, -0.2) is 9.97 Å². The van der Waals surface area contributed by atoms with Crippen molar-refractivity contribution >= 4 is 21.8 Å². The molecule has 3 aliphatic rings. The molecule has 3 heteroatoms. The van der Waals surface area contributed by atoms with Crippen molar-refractivity contribution in [1.82, 2.24) is 14.5 Å². The highest BCUT2D eigenvalue weighted by Crippen LogP contribution is 2.63. The Balaban J connectivity index is 1.24. The first kappa shape index (κ1) is 24.0. The van der Waals surface area contributed by atoms with E-state index in [9.17, 15) is 0 Å². The monoisotopic (exact) mass is 561 g/mol. The van der Waals surface area contributed by atoms with Crippen LogP contribution >= 0.6 is 0 Å². The van der Waals surface area contributed by atoms with E-state index in [4.69, 9.17) is 9.97 Å². The first-order chi connectivity index (χ1) is 21.8.